The minimum atomic E-state index is -0.256. The van der Waals surface area contributed by atoms with E-state index in [9.17, 15) is 4.79 Å². The van der Waals surface area contributed by atoms with Crippen LogP contribution in [0.3, 0.4) is 0 Å². The van der Waals surface area contributed by atoms with E-state index in [1.165, 1.54) is 0 Å². The number of nitrogens with one attached hydrogen (secondary N) is 3. The van der Waals surface area contributed by atoms with Crippen LogP contribution in [0.4, 0.5) is 17.5 Å². The van der Waals surface area contributed by atoms with Crippen LogP contribution < -0.4 is 31.4 Å². The zero-order valence-electron chi connectivity index (χ0n) is 16.5. The number of aromatic nitrogens is 3. The normalized spacial score (nSPS) is 20.7. The number of hydrogen-bond donors (Lipinski definition) is 4. The molecule has 0 amide bonds. The number of fused-ring (bicyclic) bond motifs is 2. The minimum Gasteiger partial charge on any atom is -0.486 e. The summed E-state index contributed by atoms with van der Waals surface area (Å²) in [6, 6.07) is 7.47. The SMILES string of the molecule is N[C@H]1CCCC[C@H]1Nc1nc(Nc2ccc3c(c2)OCCO3)c2c(=O)[nH]ccc2n1. The topological polar surface area (TPSA) is 127 Å². The molecule has 30 heavy (non-hydrogen) atoms. The van der Waals surface area contributed by atoms with Gasteiger partial charge in [-0.25, -0.2) is 4.98 Å². The molecule has 1 saturated carbocycles. The lowest BCUT2D eigenvalue weighted by atomic mass is 9.91. The highest BCUT2D eigenvalue weighted by Gasteiger charge is 2.23. The summed E-state index contributed by atoms with van der Waals surface area (Å²) in [5, 5.41) is 7.02. The van der Waals surface area contributed by atoms with Crippen molar-refractivity contribution in [2.24, 2.45) is 5.73 Å². The van der Waals surface area contributed by atoms with Gasteiger partial charge in [-0.05, 0) is 31.0 Å². The Balaban J connectivity index is 1.52. The molecule has 1 aliphatic carbocycles. The van der Waals surface area contributed by atoms with Gasteiger partial charge in [0, 0.05) is 30.0 Å². The number of aromatic amines is 1. The highest BCUT2D eigenvalue weighted by molar-refractivity contribution is 5.91. The number of hydrogen-bond acceptors (Lipinski definition) is 8. The molecule has 2 aromatic heterocycles. The summed E-state index contributed by atoms with van der Waals surface area (Å²) >= 11 is 0. The predicted octanol–water partition coefficient (Wildman–Crippen LogP) is 2.51. The third kappa shape index (κ3) is 3.63. The molecule has 2 aliphatic rings. The third-order valence-electron chi connectivity index (χ3n) is 5.56. The second kappa shape index (κ2) is 7.83. The molecule has 5 N–H and O–H groups in total. The van der Waals surface area contributed by atoms with E-state index in [-0.39, 0.29) is 17.6 Å². The van der Waals surface area contributed by atoms with Gasteiger partial charge < -0.3 is 30.8 Å². The first-order valence-corrected chi connectivity index (χ1v) is 10.3. The van der Waals surface area contributed by atoms with Crippen LogP contribution in [0.2, 0.25) is 0 Å². The van der Waals surface area contributed by atoms with E-state index in [2.05, 4.69) is 25.6 Å². The smallest absolute Gasteiger partial charge is 0.261 e. The molecular formula is C21H24N6O3. The highest BCUT2D eigenvalue weighted by atomic mass is 16.6. The van der Waals surface area contributed by atoms with Gasteiger partial charge in [0.2, 0.25) is 5.95 Å². The van der Waals surface area contributed by atoms with Crippen molar-refractivity contribution < 1.29 is 9.47 Å². The fourth-order valence-electron chi connectivity index (χ4n) is 4.01. The van der Waals surface area contributed by atoms with Gasteiger partial charge in [0.1, 0.15) is 24.4 Å². The molecule has 0 bridgehead atoms. The molecule has 1 aliphatic heterocycles. The molecule has 3 heterocycles. The van der Waals surface area contributed by atoms with Crippen molar-refractivity contribution in [2.45, 2.75) is 37.8 Å². The Kier molecular flexibility index (Phi) is 4.88. The maximum atomic E-state index is 12.5. The van der Waals surface area contributed by atoms with Gasteiger partial charge in [-0.15, -0.1) is 0 Å². The Morgan fingerprint density at radius 1 is 1.07 bits per heavy atom. The summed E-state index contributed by atoms with van der Waals surface area (Å²) in [4.78, 5) is 24.4. The summed E-state index contributed by atoms with van der Waals surface area (Å²) in [6.07, 6.45) is 5.81. The number of nitrogens with zero attached hydrogens (tertiary/aromatic N) is 2. The van der Waals surface area contributed by atoms with Gasteiger partial charge in [-0.1, -0.05) is 12.8 Å². The second-order valence-corrected chi connectivity index (χ2v) is 7.65. The zero-order valence-corrected chi connectivity index (χ0v) is 16.5. The lowest BCUT2D eigenvalue weighted by Gasteiger charge is -2.29. The lowest BCUT2D eigenvalue weighted by molar-refractivity contribution is 0.171. The van der Waals surface area contributed by atoms with Crippen LogP contribution in [0.25, 0.3) is 10.9 Å². The van der Waals surface area contributed by atoms with E-state index in [4.69, 9.17) is 15.2 Å². The first-order chi connectivity index (χ1) is 14.7. The van der Waals surface area contributed by atoms with Gasteiger partial charge >= 0.3 is 0 Å². The molecule has 0 spiro atoms. The van der Waals surface area contributed by atoms with Gasteiger partial charge in [-0.3, -0.25) is 4.79 Å². The minimum absolute atomic E-state index is 0.0615. The van der Waals surface area contributed by atoms with Crippen LogP contribution in [0, 0.1) is 0 Å². The van der Waals surface area contributed by atoms with Crippen LogP contribution >= 0.6 is 0 Å². The molecule has 9 heteroatoms. The maximum Gasteiger partial charge on any atom is 0.261 e. The van der Waals surface area contributed by atoms with E-state index >= 15 is 0 Å². The molecule has 156 valence electrons. The molecule has 1 aromatic carbocycles. The molecule has 9 nitrogen and oxygen atoms in total. The maximum absolute atomic E-state index is 12.5. The number of nitrogens with two attached hydrogens (primary N) is 1. The average molecular weight is 408 g/mol. The van der Waals surface area contributed by atoms with Crippen LogP contribution in [0.5, 0.6) is 11.5 Å². The Labute approximate surface area is 173 Å². The Morgan fingerprint density at radius 3 is 2.77 bits per heavy atom. The number of H-pyrrole nitrogens is 1. The Bertz CT molecular complexity index is 1130. The molecule has 1 fully saturated rings. The zero-order chi connectivity index (χ0) is 20.5. The fourth-order valence-corrected chi connectivity index (χ4v) is 4.01. The number of anilines is 3. The van der Waals surface area contributed by atoms with Crippen molar-refractivity contribution in [3.05, 3.63) is 40.8 Å². The predicted molar refractivity (Wildman–Crippen MR) is 115 cm³/mol. The Hall–Kier alpha value is -3.33. The van der Waals surface area contributed by atoms with E-state index < -0.39 is 0 Å². The molecule has 0 saturated heterocycles. The van der Waals surface area contributed by atoms with Crippen molar-refractivity contribution >= 4 is 28.4 Å². The van der Waals surface area contributed by atoms with Crippen molar-refractivity contribution in [2.75, 3.05) is 23.8 Å². The number of ether oxygens (including phenoxy) is 2. The van der Waals surface area contributed by atoms with Crippen molar-refractivity contribution in [1.82, 2.24) is 15.0 Å². The third-order valence-corrected chi connectivity index (χ3v) is 5.56. The van der Waals surface area contributed by atoms with Gasteiger partial charge in [0.15, 0.2) is 11.5 Å². The molecule has 0 unspecified atom stereocenters. The van der Waals surface area contributed by atoms with Crippen molar-refractivity contribution in [1.29, 1.82) is 0 Å². The van der Waals surface area contributed by atoms with E-state index in [1.54, 1.807) is 12.3 Å². The van der Waals surface area contributed by atoms with Crippen molar-refractivity contribution in [3.8, 4) is 11.5 Å². The molecule has 2 atom stereocenters. The summed E-state index contributed by atoms with van der Waals surface area (Å²) < 4.78 is 11.2. The molecular weight excluding hydrogens is 384 g/mol. The number of benzene rings is 1. The van der Waals surface area contributed by atoms with Crippen LogP contribution in [-0.2, 0) is 0 Å². The number of rotatable bonds is 4. The van der Waals surface area contributed by atoms with E-state index in [1.807, 2.05) is 18.2 Å². The Morgan fingerprint density at radius 2 is 1.90 bits per heavy atom. The van der Waals surface area contributed by atoms with Crippen LogP contribution in [0.1, 0.15) is 25.7 Å². The van der Waals surface area contributed by atoms with Gasteiger partial charge in [0.05, 0.1) is 5.52 Å². The molecule has 5 rings (SSSR count). The highest BCUT2D eigenvalue weighted by Crippen LogP contribution is 2.34. The van der Waals surface area contributed by atoms with Gasteiger partial charge in [0.25, 0.3) is 5.56 Å². The quantitative estimate of drug-likeness (QED) is 0.519. The summed E-state index contributed by atoms with van der Waals surface area (Å²) in [5.74, 6) is 2.23. The lowest BCUT2D eigenvalue weighted by Crippen LogP contribution is -2.43. The average Bonchev–Trinajstić information content (AvgIpc) is 2.75. The first-order valence-electron chi connectivity index (χ1n) is 10.3. The summed E-state index contributed by atoms with van der Waals surface area (Å²) in [7, 11) is 0. The summed E-state index contributed by atoms with van der Waals surface area (Å²) in [6.45, 7) is 1.03. The first kappa shape index (κ1) is 18.7. The van der Waals surface area contributed by atoms with Crippen LogP contribution in [0.15, 0.2) is 35.3 Å². The second-order valence-electron chi connectivity index (χ2n) is 7.65. The van der Waals surface area contributed by atoms with E-state index in [0.717, 1.165) is 31.4 Å². The monoisotopic (exact) mass is 408 g/mol. The van der Waals surface area contributed by atoms with Crippen molar-refractivity contribution in [3.63, 3.8) is 0 Å². The number of pyridine rings is 1. The van der Waals surface area contributed by atoms with Crippen LogP contribution in [-0.4, -0.2) is 40.2 Å². The molecule has 3 aromatic rings. The summed E-state index contributed by atoms with van der Waals surface area (Å²) in [5.41, 5.74) is 7.31. The fraction of sp³-hybridized carbons (Fsp3) is 0.381. The molecule has 0 radical (unpaired) electrons. The standard InChI is InChI=1S/C21H24N6O3/c22-13-3-1-2-4-14(13)25-21-26-15-7-8-23-20(28)18(15)19(27-21)24-12-5-6-16-17(11-12)30-10-9-29-16/h5-8,11,13-14H,1-4,9-10,22H2,(H,23,28)(H2,24,25,26,27)/t13-,14+/m0/s1. The van der Waals surface area contributed by atoms with Gasteiger partial charge in [-0.2, -0.15) is 4.98 Å². The van der Waals surface area contributed by atoms with E-state index in [0.29, 0.717) is 47.4 Å². The largest absolute Gasteiger partial charge is 0.486 e.